The number of aryl methyl sites for hydroxylation is 1. The molecule has 0 saturated carbocycles. The zero-order chi connectivity index (χ0) is 25.8. The third kappa shape index (κ3) is 5.68. The summed E-state index contributed by atoms with van der Waals surface area (Å²) in [6.45, 7) is 10.6. The number of nitrogens with one attached hydrogen (secondary N) is 3. The summed E-state index contributed by atoms with van der Waals surface area (Å²) in [5.41, 5.74) is 2.85. The van der Waals surface area contributed by atoms with Crippen LogP contribution >= 0.6 is 0 Å². The largest absolute Gasteiger partial charge is 0.345 e. The van der Waals surface area contributed by atoms with E-state index >= 15 is 0 Å². The maximum Gasteiger partial charge on any atom is 0.322 e. The van der Waals surface area contributed by atoms with E-state index in [0.717, 1.165) is 48.8 Å². The van der Waals surface area contributed by atoms with Crippen molar-refractivity contribution in [1.82, 2.24) is 30.3 Å². The molecule has 3 N–H and O–H groups in total. The minimum absolute atomic E-state index is 0.00627. The number of piperidine rings is 1. The Morgan fingerprint density at radius 3 is 2.72 bits per heavy atom. The number of anilines is 1. The van der Waals surface area contributed by atoms with Crippen LogP contribution in [0.15, 0.2) is 22.7 Å². The molecule has 3 aromatic rings. The topological polar surface area (TPSA) is 129 Å². The van der Waals surface area contributed by atoms with Crippen molar-refractivity contribution in [1.29, 1.82) is 0 Å². The lowest BCUT2D eigenvalue weighted by molar-refractivity contribution is -0.137. The SMILES string of the molecule is CC[C@H]1CCCCN1C(=O)C[C@H](Nc1nc(C(C)C)no1)C(=O)N[C@@H](C)c1nc2c(C)cccc2[nH]1. The predicted molar refractivity (Wildman–Crippen MR) is 137 cm³/mol. The number of carbonyl (C=O) groups is 2. The number of aromatic amines is 1. The molecular weight excluding hydrogens is 458 g/mol. The molecule has 1 aliphatic rings. The second-order valence-corrected chi connectivity index (χ2v) is 9.98. The number of hydrogen-bond acceptors (Lipinski definition) is 7. The highest BCUT2D eigenvalue weighted by molar-refractivity contribution is 5.90. The van der Waals surface area contributed by atoms with Crippen LogP contribution in [0.4, 0.5) is 6.01 Å². The second kappa shape index (κ2) is 11.1. The molecule has 2 aromatic heterocycles. The van der Waals surface area contributed by atoms with Crippen LogP contribution in [-0.4, -0.2) is 55.5 Å². The predicted octanol–water partition coefficient (Wildman–Crippen LogP) is 4.22. The van der Waals surface area contributed by atoms with Crippen LogP contribution < -0.4 is 10.6 Å². The lowest BCUT2D eigenvalue weighted by atomic mass is 9.99. The first-order valence-corrected chi connectivity index (χ1v) is 12.9. The van der Waals surface area contributed by atoms with Crippen molar-refractivity contribution in [3.05, 3.63) is 35.4 Å². The number of rotatable bonds is 9. The number of likely N-dealkylation sites (tertiary alicyclic amines) is 1. The van der Waals surface area contributed by atoms with Crippen LogP contribution in [0, 0.1) is 6.92 Å². The molecular formula is C26H37N7O3. The maximum atomic E-state index is 13.4. The van der Waals surface area contributed by atoms with Crippen LogP contribution in [0.3, 0.4) is 0 Å². The first-order chi connectivity index (χ1) is 17.3. The molecule has 2 amide bonds. The maximum absolute atomic E-state index is 13.4. The summed E-state index contributed by atoms with van der Waals surface area (Å²) in [7, 11) is 0. The molecule has 0 unspecified atom stereocenters. The quantitative estimate of drug-likeness (QED) is 0.405. The molecule has 1 saturated heterocycles. The van der Waals surface area contributed by atoms with Crippen LogP contribution in [0.1, 0.15) is 89.0 Å². The number of amides is 2. The number of benzene rings is 1. The Hall–Kier alpha value is -3.43. The fourth-order valence-corrected chi connectivity index (χ4v) is 4.71. The molecule has 0 spiro atoms. The standard InChI is InChI=1S/C26H37N7O3/c1-6-18-11-7-8-13-33(18)21(34)14-20(29-26-31-23(15(2)3)32-36-26)25(35)27-17(5)24-28-19-12-9-10-16(4)22(19)30-24/h9-10,12,15,17-18,20H,6-8,11,13-14H2,1-5H3,(H,27,35)(H,28,30)(H,29,31,32)/t17-,18-,20-/m0/s1. The molecule has 4 rings (SSSR count). The Labute approximate surface area is 211 Å². The molecule has 10 heteroatoms. The monoisotopic (exact) mass is 495 g/mol. The van der Waals surface area contributed by atoms with Gasteiger partial charge in [0.15, 0.2) is 5.82 Å². The van der Waals surface area contributed by atoms with E-state index in [2.05, 4.69) is 37.7 Å². The zero-order valence-corrected chi connectivity index (χ0v) is 21.8. The number of para-hydroxylation sites is 1. The average Bonchev–Trinajstić information content (AvgIpc) is 3.52. The fraction of sp³-hybridized carbons (Fsp3) is 0.577. The molecule has 3 heterocycles. The minimum Gasteiger partial charge on any atom is -0.345 e. The van der Waals surface area contributed by atoms with Crippen molar-refractivity contribution in [2.45, 2.75) is 90.8 Å². The van der Waals surface area contributed by atoms with E-state index in [0.29, 0.717) is 11.6 Å². The van der Waals surface area contributed by atoms with Crippen molar-refractivity contribution in [2.75, 3.05) is 11.9 Å². The van der Waals surface area contributed by atoms with Gasteiger partial charge >= 0.3 is 6.01 Å². The second-order valence-electron chi connectivity index (χ2n) is 9.98. The zero-order valence-electron chi connectivity index (χ0n) is 21.8. The van der Waals surface area contributed by atoms with E-state index in [9.17, 15) is 9.59 Å². The average molecular weight is 496 g/mol. The molecule has 0 aliphatic carbocycles. The first kappa shape index (κ1) is 25.7. The summed E-state index contributed by atoms with van der Waals surface area (Å²) in [6, 6.07) is 5.01. The van der Waals surface area contributed by atoms with Gasteiger partial charge in [0.25, 0.3) is 0 Å². The molecule has 1 fully saturated rings. The van der Waals surface area contributed by atoms with Gasteiger partial charge in [-0.2, -0.15) is 4.98 Å². The van der Waals surface area contributed by atoms with Gasteiger partial charge in [-0.1, -0.05) is 38.1 Å². The van der Waals surface area contributed by atoms with E-state index in [4.69, 9.17) is 4.52 Å². The van der Waals surface area contributed by atoms with Gasteiger partial charge in [-0.3, -0.25) is 9.59 Å². The first-order valence-electron chi connectivity index (χ1n) is 12.9. The fourth-order valence-electron chi connectivity index (χ4n) is 4.71. The number of fused-ring (bicyclic) bond motifs is 1. The summed E-state index contributed by atoms with van der Waals surface area (Å²) in [5.74, 6) is 0.886. The highest BCUT2D eigenvalue weighted by Gasteiger charge is 2.31. The van der Waals surface area contributed by atoms with E-state index in [1.807, 2.05) is 50.8 Å². The molecule has 1 aliphatic heterocycles. The Morgan fingerprint density at radius 1 is 1.22 bits per heavy atom. The van der Waals surface area contributed by atoms with Crippen molar-refractivity contribution >= 4 is 28.9 Å². The molecule has 3 atom stereocenters. The summed E-state index contributed by atoms with van der Waals surface area (Å²) in [4.78, 5) is 41.0. The van der Waals surface area contributed by atoms with Gasteiger partial charge < -0.3 is 25.0 Å². The van der Waals surface area contributed by atoms with Gasteiger partial charge in [0.2, 0.25) is 11.8 Å². The Balaban J connectivity index is 1.52. The molecule has 36 heavy (non-hydrogen) atoms. The molecule has 1 aromatic carbocycles. The van der Waals surface area contributed by atoms with Gasteiger partial charge in [0, 0.05) is 18.5 Å². The smallest absolute Gasteiger partial charge is 0.322 e. The summed E-state index contributed by atoms with van der Waals surface area (Å²) in [5, 5.41) is 10.00. The Kier molecular flexibility index (Phi) is 7.91. The molecule has 0 bridgehead atoms. The number of imidazole rings is 1. The van der Waals surface area contributed by atoms with Gasteiger partial charge in [-0.05, 0) is 51.2 Å². The van der Waals surface area contributed by atoms with Crippen molar-refractivity contribution < 1.29 is 14.1 Å². The van der Waals surface area contributed by atoms with Crippen LogP contribution in [0.2, 0.25) is 0 Å². The van der Waals surface area contributed by atoms with Gasteiger partial charge in [-0.25, -0.2) is 4.98 Å². The van der Waals surface area contributed by atoms with Crippen LogP contribution in [-0.2, 0) is 9.59 Å². The number of H-pyrrole nitrogens is 1. The van der Waals surface area contributed by atoms with Gasteiger partial charge in [0.05, 0.1) is 23.5 Å². The number of aromatic nitrogens is 4. The summed E-state index contributed by atoms with van der Waals surface area (Å²) < 4.78 is 5.32. The summed E-state index contributed by atoms with van der Waals surface area (Å²) >= 11 is 0. The highest BCUT2D eigenvalue weighted by atomic mass is 16.5. The summed E-state index contributed by atoms with van der Waals surface area (Å²) in [6.07, 6.45) is 4.00. The third-order valence-corrected chi connectivity index (χ3v) is 6.87. The van der Waals surface area contributed by atoms with E-state index in [1.54, 1.807) is 0 Å². The third-order valence-electron chi connectivity index (χ3n) is 6.87. The Morgan fingerprint density at radius 2 is 2.03 bits per heavy atom. The molecule has 10 nitrogen and oxygen atoms in total. The van der Waals surface area contributed by atoms with Crippen molar-refractivity contribution in [2.24, 2.45) is 0 Å². The molecule has 0 radical (unpaired) electrons. The van der Waals surface area contributed by atoms with E-state index < -0.39 is 12.1 Å². The van der Waals surface area contributed by atoms with Crippen molar-refractivity contribution in [3.63, 3.8) is 0 Å². The lowest BCUT2D eigenvalue weighted by Gasteiger charge is -2.36. The van der Waals surface area contributed by atoms with Gasteiger partial charge in [0.1, 0.15) is 11.9 Å². The highest BCUT2D eigenvalue weighted by Crippen LogP contribution is 2.23. The number of carbonyl (C=O) groups excluding carboxylic acids is 2. The van der Waals surface area contributed by atoms with Crippen molar-refractivity contribution in [3.8, 4) is 0 Å². The lowest BCUT2D eigenvalue weighted by Crippen LogP contribution is -2.48. The van der Waals surface area contributed by atoms with Crippen LogP contribution in [0.25, 0.3) is 11.0 Å². The Bertz CT molecular complexity index is 1200. The van der Waals surface area contributed by atoms with E-state index in [1.165, 1.54) is 0 Å². The van der Waals surface area contributed by atoms with E-state index in [-0.39, 0.29) is 36.2 Å². The molecule has 194 valence electrons. The van der Waals surface area contributed by atoms with Gasteiger partial charge in [-0.15, -0.1) is 0 Å². The number of hydrogen-bond donors (Lipinski definition) is 3. The minimum atomic E-state index is -0.869. The number of nitrogens with zero attached hydrogens (tertiary/aromatic N) is 4. The van der Waals surface area contributed by atoms with Crippen LogP contribution in [0.5, 0.6) is 0 Å². The normalized spacial score (nSPS) is 17.8.